The van der Waals surface area contributed by atoms with Crippen LogP contribution in [-0.4, -0.2) is 42.3 Å². The van der Waals surface area contributed by atoms with Crippen molar-refractivity contribution in [1.29, 1.82) is 0 Å². The summed E-state index contributed by atoms with van der Waals surface area (Å²) in [5, 5.41) is 11.2. The number of likely N-dealkylation sites (tertiary alicyclic amines) is 1. The van der Waals surface area contributed by atoms with E-state index < -0.39 is 5.60 Å². The fourth-order valence-electron chi connectivity index (χ4n) is 4.47. The molecule has 1 aliphatic heterocycles. The van der Waals surface area contributed by atoms with E-state index in [-0.39, 0.29) is 5.41 Å². The van der Waals surface area contributed by atoms with Crippen LogP contribution in [0.4, 0.5) is 0 Å². The molecule has 112 valence electrons. The number of likely N-dealkylation sites (N-methyl/N-ethyl adjacent to an activating group) is 1. The first-order valence-corrected chi connectivity index (χ1v) is 8.16. The van der Waals surface area contributed by atoms with Crippen molar-refractivity contribution in [3.63, 3.8) is 0 Å². The van der Waals surface area contributed by atoms with Gasteiger partial charge in [-0.25, -0.2) is 0 Å². The second-order valence-electron chi connectivity index (χ2n) is 7.09. The van der Waals surface area contributed by atoms with E-state index in [1.807, 2.05) is 0 Å². The van der Waals surface area contributed by atoms with Crippen LogP contribution >= 0.6 is 0 Å². The number of aliphatic hydroxyl groups is 1. The molecule has 0 aromatic heterocycles. The third kappa shape index (κ3) is 2.98. The summed E-state index contributed by atoms with van der Waals surface area (Å²) in [4.78, 5) is 2.28. The van der Waals surface area contributed by atoms with Crippen molar-refractivity contribution in [2.45, 2.75) is 63.9 Å². The van der Waals surface area contributed by atoms with E-state index in [1.165, 1.54) is 25.7 Å². The SMILES string of the molecule is CCCC1CCC(CN)(C2(O)CCCN(C)C2)CC1. The fraction of sp³-hybridized carbons (Fsp3) is 1.00. The minimum absolute atomic E-state index is 0.0219. The molecule has 0 aromatic carbocycles. The third-order valence-corrected chi connectivity index (χ3v) is 5.80. The largest absolute Gasteiger partial charge is 0.388 e. The highest BCUT2D eigenvalue weighted by Gasteiger charge is 2.51. The van der Waals surface area contributed by atoms with Gasteiger partial charge < -0.3 is 15.7 Å². The van der Waals surface area contributed by atoms with Crippen LogP contribution in [0.1, 0.15) is 58.3 Å². The molecular formula is C16H32N2O. The number of piperidine rings is 1. The van der Waals surface area contributed by atoms with Crippen molar-refractivity contribution in [1.82, 2.24) is 4.90 Å². The van der Waals surface area contributed by atoms with Gasteiger partial charge in [-0.3, -0.25) is 0 Å². The second kappa shape index (κ2) is 6.11. The lowest BCUT2D eigenvalue weighted by atomic mass is 9.59. The highest BCUT2D eigenvalue weighted by molar-refractivity contribution is 5.04. The number of nitrogens with zero attached hydrogens (tertiary/aromatic N) is 1. The predicted octanol–water partition coefficient (Wildman–Crippen LogP) is 2.38. The number of β-amino-alcohol motifs (C(OH)–C–C–N with tert-alkyl or cyclic N) is 1. The van der Waals surface area contributed by atoms with Crippen LogP contribution in [0.2, 0.25) is 0 Å². The van der Waals surface area contributed by atoms with Crippen molar-refractivity contribution >= 4 is 0 Å². The highest BCUT2D eigenvalue weighted by atomic mass is 16.3. The summed E-state index contributed by atoms with van der Waals surface area (Å²) in [7, 11) is 2.12. The molecule has 1 saturated heterocycles. The molecule has 1 unspecified atom stereocenters. The molecule has 0 amide bonds. The Kier molecular flexibility index (Phi) is 4.91. The molecule has 3 heteroatoms. The van der Waals surface area contributed by atoms with Crippen LogP contribution in [0, 0.1) is 11.3 Å². The number of nitrogens with two attached hydrogens (primary N) is 1. The van der Waals surface area contributed by atoms with E-state index in [4.69, 9.17) is 5.73 Å². The average Bonchev–Trinajstić information content (AvgIpc) is 2.40. The van der Waals surface area contributed by atoms with Crippen LogP contribution in [0.15, 0.2) is 0 Å². The van der Waals surface area contributed by atoms with Gasteiger partial charge >= 0.3 is 0 Å². The highest BCUT2D eigenvalue weighted by Crippen LogP contribution is 2.49. The molecule has 0 spiro atoms. The van der Waals surface area contributed by atoms with E-state index in [1.54, 1.807) is 0 Å². The van der Waals surface area contributed by atoms with Gasteiger partial charge in [-0.1, -0.05) is 19.8 Å². The van der Waals surface area contributed by atoms with Gasteiger partial charge in [0, 0.05) is 18.5 Å². The Morgan fingerprint density at radius 2 is 1.95 bits per heavy atom. The lowest BCUT2D eigenvalue weighted by molar-refractivity contribution is -0.138. The van der Waals surface area contributed by atoms with E-state index in [0.29, 0.717) is 6.54 Å². The van der Waals surface area contributed by atoms with Gasteiger partial charge in [0.2, 0.25) is 0 Å². The second-order valence-corrected chi connectivity index (χ2v) is 7.09. The summed E-state index contributed by atoms with van der Waals surface area (Å²) in [6.07, 6.45) is 9.44. The van der Waals surface area contributed by atoms with Gasteiger partial charge in [0.05, 0.1) is 5.60 Å². The molecule has 2 aliphatic rings. The van der Waals surface area contributed by atoms with Gasteiger partial charge in [-0.15, -0.1) is 0 Å². The normalized spacial score (nSPS) is 41.4. The van der Waals surface area contributed by atoms with Gasteiger partial charge in [0.1, 0.15) is 0 Å². The number of hydrogen-bond donors (Lipinski definition) is 2. The standard InChI is InChI=1S/C16H32N2O/c1-3-5-14-6-9-15(12-17,10-7-14)16(19)8-4-11-18(2)13-16/h14,19H,3-13,17H2,1-2H3. The minimum Gasteiger partial charge on any atom is -0.388 e. The smallest absolute Gasteiger partial charge is 0.0842 e. The third-order valence-electron chi connectivity index (χ3n) is 5.80. The molecule has 19 heavy (non-hydrogen) atoms. The maximum atomic E-state index is 11.2. The summed E-state index contributed by atoms with van der Waals surface area (Å²) >= 11 is 0. The van der Waals surface area contributed by atoms with Crippen molar-refractivity contribution in [3.05, 3.63) is 0 Å². The topological polar surface area (TPSA) is 49.5 Å². The first-order valence-electron chi connectivity index (χ1n) is 8.16. The summed E-state index contributed by atoms with van der Waals surface area (Å²) in [6, 6.07) is 0. The molecule has 0 radical (unpaired) electrons. The quantitative estimate of drug-likeness (QED) is 0.823. The summed E-state index contributed by atoms with van der Waals surface area (Å²) in [5.74, 6) is 0.870. The maximum absolute atomic E-state index is 11.2. The van der Waals surface area contributed by atoms with Crippen LogP contribution in [0.25, 0.3) is 0 Å². The summed E-state index contributed by atoms with van der Waals surface area (Å²) < 4.78 is 0. The fourth-order valence-corrected chi connectivity index (χ4v) is 4.47. The zero-order valence-electron chi connectivity index (χ0n) is 12.8. The molecule has 1 heterocycles. The van der Waals surface area contributed by atoms with Gasteiger partial charge in [0.15, 0.2) is 0 Å². The predicted molar refractivity (Wildman–Crippen MR) is 80.0 cm³/mol. The maximum Gasteiger partial charge on any atom is 0.0842 e. The van der Waals surface area contributed by atoms with Crippen LogP contribution in [-0.2, 0) is 0 Å². The van der Waals surface area contributed by atoms with Gasteiger partial charge in [0.25, 0.3) is 0 Å². The molecule has 2 fully saturated rings. The molecular weight excluding hydrogens is 236 g/mol. The summed E-state index contributed by atoms with van der Waals surface area (Å²) in [6.45, 7) is 4.84. The Morgan fingerprint density at radius 3 is 2.47 bits per heavy atom. The van der Waals surface area contributed by atoms with Crippen LogP contribution in [0.3, 0.4) is 0 Å². The van der Waals surface area contributed by atoms with Crippen molar-refractivity contribution in [2.24, 2.45) is 17.1 Å². The minimum atomic E-state index is -0.550. The van der Waals surface area contributed by atoms with Crippen LogP contribution < -0.4 is 5.73 Å². The molecule has 0 aromatic rings. The van der Waals surface area contributed by atoms with Crippen molar-refractivity contribution in [2.75, 3.05) is 26.7 Å². The molecule has 1 atom stereocenters. The Bertz CT molecular complexity index is 286. The summed E-state index contributed by atoms with van der Waals surface area (Å²) in [5.41, 5.74) is 5.57. The van der Waals surface area contributed by atoms with Crippen molar-refractivity contribution < 1.29 is 5.11 Å². The Labute approximate surface area is 118 Å². The van der Waals surface area contributed by atoms with E-state index in [2.05, 4.69) is 18.9 Å². The Morgan fingerprint density at radius 1 is 1.26 bits per heavy atom. The number of rotatable bonds is 4. The lowest BCUT2D eigenvalue weighted by Crippen LogP contribution is -2.61. The molecule has 0 bridgehead atoms. The first-order chi connectivity index (χ1) is 9.05. The zero-order valence-corrected chi connectivity index (χ0v) is 12.8. The number of hydrogen-bond acceptors (Lipinski definition) is 3. The molecule has 1 saturated carbocycles. The van der Waals surface area contributed by atoms with E-state index in [9.17, 15) is 5.11 Å². The first kappa shape index (κ1) is 15.3. The monoisotopic (exact) mass is 268 g/mol. The van der Waals surface area contributed by atoms with Crippen molar-refractivity contribution in [3.8, 4) is 0 Å². The molecule has 3 N–H and O–H groups in total. The Balaban J connectivity index is 2.06. The molecule has 2 rings (SSSR count). The van der Waals surface area contributed by atoms with Gasteiger partial charge in [-0.2, -0.15) is 0 Å². The Hall–Kier alpha value is -0.120. The average molecular weight is 268 g/mol. The van der Waals surface area contributed by atoms with E-state index in [0.717, 1.165) is 44.7 Å². The van der Waals surface area contributed by atoms with Crippen LogP contribution in [0.5, 0.6) is 0 Å². The lowest BCUT2D eigenvalue weighted by Gasteiger charge is -2.53. The van der Waals surface area contributed by atoms with E-state index >= 15 is 0 Å². The zero-order chi connectivity index (χ0) is 13.9. The van der Waals surface area contributed by atoms with Gasteiger partial charge in [-0.05, 0) is 58.0 Å². The molecule has 3 nitrogen and oxygen atoms in total. The molecule has 1 aliphatic carbocycles.